The number of thiophene rings is 2. The molecule has 0 bridgehead atoms. The largest absolute Gasteiger partial charge is 0.515 e. The maximum atomic E-state index is 14.2. The Morgan fingerprint density at radius 2 is 1.17 bits per heavy atom. The molecule has 0 fully saturated rings. The zero-order valence-corrected chi connectivity index (χ0v) is 39.9. The number of ether oxygens (including phenoxy) is 1. The molecule has 3 aromatic carbocycles. The molecule has 326 valence electrons. The standard InChI is InChI=1S/C47H50N8O4S4/c1-28(2)32-14-18-34(19-15-32)48-42(56)30(5)62-44-51-50-40(38-12-10-26-60-38)53(44)36-22-24-37(25-23-36)55-45(63-31(6)43(57)49-35-20-16-33(17-21-35)29(3)4)54(46(58)59-47(7,8)9)41(52-55)39-13-11-27-61-39/h10-31H,1-9H3,(H-,48,49,56,57)/p+1. The molecule has 0 saturated heterocycles. The highest BCUT2D eigenvalue weighted by Crippen LogP contribution is 2.34. The van der Waals surface area contributed by atoms with Crippen molar-refractivity contribution in [2.75, 3.05) is 10.6 Å². The zero-order chi connectivity index (χ0) is 45.0. The fourth-order valence-corrected chi connectivity index (χ4v) is 9.64. The van der Waals surface area contributed by atoms with Gasteiger partial charge in [-0.1, -0.05) is 85.1 Å². The van der Waals surface area contributed by atoms with Crippen LogP contribution in [0.25, 0.3) is 32.8 Å². The molecule has 12 nitrogen and oxygen atoms in total. The molecule has 0 saturated carbocycles. The first-order valence-corrected chi connectivity index (χ1v) is 24.2. The van der Waals surface area contributed by atoms with Crippen molar-refractivity contribution in [3.8, 4) is 32.8 Å². The van der Waals surface area contributed by atoms with Gasteiger partial charge in [-0.05, 0) is 146 Å². The summed E-state index contributed by atoms with van der Waals surface area (Å²) >= 11 is 5.51. The summed E-state index contributed by atoms with van der Waals surface area (Å²) in [5.74, 6) is 1.37. The Balaban J connectivity index is 1.24. The van der Waals surface area contributed by atoms with Gasteiger partial charge in [0.2, 0.25) is 11.8 Å². The van der Waals surface area contributed by atoms with E-state index < -0.39 is 22.2 Å². The van der Waals surface area contributed by atoms with Gasteiger partial charge in [-0.2, -0.15) is 4.79 Å². The topological polar surface area (TPSA) is 137 Å². The van der Waals surface area contributed by atoms with Gasteiger partial charge in [-0.15, -0.1) is 32.9 Å². The van der Waals surface area contributed by atoms with Crippen LogP contribution in [0, 0.1) is 0 Å². The monoisotopic (exact) mass is 919 g/mol. The fraction of sp³-hybridized carbons (Fsp3) is 0.298. The first-order valence-electron chi connectivity index (χ1n) is 20.6. The molecule has 7 aromatic rings. The van der Waals surface area contributed by atoms with Gasteiger partial charge in [0.05, 0.1) is 25.9 Å². The van der Waals surface area contributed by atoms with Gasteiger partial charge < -0.3 is 15.4 Å². The van der Waals surface area contributed by atoms with Crippen LogP contribution in [0.2, 0.25) is 0 Å². The van der Waals surface area contributed by atoms with Crippen LogP contribution in [0.1, 0.15) is 85.3 Å². The molecule has 0 spiro atoms. The fourth-order valence-electron chi connectivity index (χ4n) is 6.38. The van der Waals surface area contributed by atoms with Crippen LogP contribution in [0.4, 0.5) is 16.2 Å². The van der Waals surface area contributed by atoms with Crippen LogP contribution < -0.4 is 15.3 Å². The molecular formula is C47H51N8O4S4+. The van der Waals surface area contributed by atoms with Crippen molar-refractivity contribution in [1.29, 1.82) is 0 Å². The third kappa shape index (κ3) is 10.8. The number of carbonyl (C=O) groups is 3. The van der Waals surface area contributed by atoms with Gasteiger partial charge in [0.1, 0.15) is 5.60 Å². The summed E-state index contributed by atoms with van der Waals surface area (Å²) in [6.07, 6.45) is -0.620. The Morgan fingerprint density at radius 3 is 1.65 bits per heavy atom. The average Bonchev–Trinajstić information content (AvgIpc) is 4.08. The highest BCUT2D eigenvalue weighted by molar-refractivity contribution is 8.00. The minimum atomic E-state index is -0.806. The quantitative estimate of drug-likeness (QED) is 0.0807. The number of anilines is 2. The Bertz CT molecular complexity index is 2670. The zero-order valence-electron chi connectivity index (χ0n) is 36.7. The number of thioether (sulfide) groups is 2. The van der Waals surface area contributed by atoms with Gasteiger partial charge in [0, 0.05) is 11.4 Å². The molecule has 0 aliphatic carbocycles. The van der Waals surface area contributed by atoms with Crippen LogP contribution in [-0.4, -0.2) is 58.4 Å². The Hall–Kier alpha value is -5.55. The summed E-state index contributed by atoms with van der Waals surface area (Å²) in [4.78, 5) is 43.1. The summed E-state index contributed by atoms with van der Waals surface area (Å²) in [6.45, 7) is 17.6. The maximum absolute atomic E-state index is 14.2. The summed E-state index contributed by atoms with van der Waals surface area (Å²) in [5.41, 5.74) is 4.36. The first-order chi connectivity index (χ1) is 30.1. The molecule has 0 radical (unpaired) electrons. The van der Waals surface area contributed by atoms with Crippen molar-refractivity contribution in [3.05, 3.63) is 119 Å². The van der Waals surface area contributed by atoms with Crippen molar-refractivity contribution < 1.29 is 23.8 Å². The van der Waals surface area contributed by atoms with Crippen molar-refractivity contribution in [1.82, 2.24) is 24.4 Å². The lowest BCUT2D eigenvalue weighted by Crippen LogP contribution is -2.38. The molecular weight excluding hydrogens is 869 g/mol. The molecule has 16 heteroatoms. The van der Waals surface area contributed by atoms with Crippen LogP contribution in [0.3, 0.4) is 0 Å². The van der Waals surface area contributed by atoms with Gasteiger partial charge in [-0.25, -0.2) is 0 Å². The molecule has 2 atom stereocenters. The Labute approximate surface area is 384 Å². The minimum absolute atomic E-state index is 0.157. The number of hydrogen-bond acceptors (Lipinski definition) is 11. The predicted molar refractivity (Wildman–Crippen MR) is 256 cm³/mol. The van der Waals surface area contributed by atoms with Crippen LogP contribution in [0.5, 0.6) is 0 Å². The molecule has 0 aliphatic rings. The van der Waals surface area contributed by atoms with Gasteiger partial charge in [0.15, 0.2) is 16.7 Å². The number of carbonyl (C=O) groups excluding carboxylic acids is 3. The SMILES string of the molecule is CC(Sc1nnc(-c2cccs2)n1-c1ccc(-[n+]2nc(-c3cccs3)n(C(=O)OC(C)(C)C)c2SC(C)C(=O)Nc2ccc(C(C)C)cc2)cc1)C(=O)Nc1ccc(C(C)C)cc1. The molecule has 0 aliphatic heterocycles. The van der Waals surface area contributed by atoms with E-state index in [2.05, 4.69) is 48.5 Å². The molecule has 4 heterocycles. The maximum Gasteiger partial charge on any atom is 0.515 e. The second-order valence-electron chi connectivity index (χ2n) is 16.5. The lowest BCUT2D eigenvalue weighted by atomic mass is 10.0. The Kier molecular flexibility index (Phi) is 14.0. The van der Waals surface area contributed by atoms with E-state index in [1.165, 1.54) is 50.6 Å². The Morgan fingerprint density at radius 1 is 0.667 bits per heavy atom. The van der Waals surface area contributed by atoms with E-state index in [4.69, 9.17) is 9.84 Å². The highest BCUT2D eigenvalue weighted by atomic mass is 32.2. The average molecular weight is 920 g/mol. The number of hydrogen-bond donors (Lipinski definition) is 2. The number of aromatic nitrogens is 6. The summed E-state index contributed by atoms with van der Waals surface area (Å²) in [5, 5.41) is 24.0. The lowest BCUT2D eigenvalue weighted by molar-refractivity contribution is -0.694. The van der Waals surface area contributed by atoms with E-state index in [0.29, 0.717) is 45.2 Å². The van der Waals surface area contributed by atoms with Crippen molar-refractivity contribution in [2.24, 2.45) is 0 Å². The van der Waals surface area contributed by atoms with E-state index in [1.54, 1.807) is 22.9 Å². The molecule has 2 amide bonds. The number of nitrogens with one attached hydrogen (secondary N) is 2. The number of benzene rings is 3. The first kappa shape index (κ1) is 45.5. The number of nitrogens with zero attached hydrogens (tertiary/aromatic N) is 6. The molecule has 4 aromatic heterocycles. The highest BCUT2D eigenvalue weighted by Gasteiger charge is 2.39. The second kappa shape index (κ2) is 19.5. The van der Waals surface area contributed by atoms with E-state index in [9.17, 15) is 14.4 Å². The van der Waals surface area contributed by atoms with Crippen LogP contribution >= 0.6 is 46.2 Å². The lowest BCUT2D eigenvalue weighted by Gasteiger charge is -2.18. The number of rotatable bonds is 14. The van der Waals surface area contributed by atoms with Crippen molar-refractivity contribution in [3.63, 3.8) is 0 Å². The van der Waals surface area contributed by atoms with E-state index in [1.807, 2.05) is 140 Å². The smallest absolute Gasteiger partial charge is 0.425 e. The van der Waals surface area contributed by atoms with Gasteiger partial charge >= 0.3 is 11.2 Å². The molecule has 63 heavy (non-hydrogen) atoms. The third-order valence-electron chi connectivity index (χ3n) is 9.82. The normalized spacial score (nSPS) is 12.7. The van der Waals surface area contributed by atoms with E-state index in [-0.39, 0.29) is 11.8 Å². The van der Waals surface area contributed by atoms with Crippen molar-refractivity contribution >= 4 is 75.5 Å². The minimum Gasteiger partial charge on any atom is -0.425 e. The van der Waals surface area contributed by atoms with Crippen molar-refractivity contribution in [2.45, 2.75) is 101 Å². The van der Waals surface area contributed by atoms with E-state index in [0.717, 1.165) is 21.1 Å². The second-order valence-corrected chi connectivity index (χ2v) is 21.0. The number of amides is 2. The van der Waals surface area contributed by atoms with Gasteiger partial charge in [-0.3, -0.25) is 14.2 Å². The van der Waals surface area contributed by atoms with Crippen LogP contribution in [0.15, 0.2) is 118 Å². The summed E-state index contributed by atoms with van der Waals surface area (Å²) < 4.78 is 11.0. The van der Waals surface area contributed by atoms with Gasteiger partial charge in [0.25, 0.3) is 5.82 Å². The summed E-state index contributed by atoms with van der Waals surface area (Å²) in [6, 6.07) is 31.1. The van der Waals surface area contributed by atoms with E-state index >= 15 is 0 Å². The van der Waals surface area contributed by atoms with Crippen LogP contribution in [-0.2, 0) is 14.3 Å². The predicted octanol–water partition coefficient (Wildman–Crippen LogP) is 11.5. The molecule has 7 rings (SSSR count). The third-order valence-corrected chi connectivity index (χ3v) is 13.7. The summed E-state index contributed by atoms with van der Waals surface area (Å²) in [7, 11) is 0. The molecule has 2 N–H and O–H groups in total. The molecule has 2 unspecified atom stereocenters.